The maximum atomic E-state index is 12.5. The average molecular weight is 397 g/mol. The highest BCUT2D eigenvalue weighted by molar-refractivity contribution is 7.89. The van der Waals surface area contributed by atoms with Crippen LogP contribution in [0.1, 0.15) is 26.2 Å². The number of benzene rings is 1. The van der Waals surface area contributed by atoms with Crippen molar-refractivity contribution in [1.29, 1.82) is 0 Å². The van der Waals surface area contributed by atoms with E-state index in [4.69, 9.17) is 15.2 Å². The van der Waals surface area contributed by atoms with Gasteiger partial charge in [-0.25, -0.2) is 13.1 Å². The second-order valence-corrected chi connectivity index (χ2v) is 9.15. The van der Waals surface area contributed by atoms with Crippen LogP contribution >= 0.6 is 0 Å². The molecule has 150 valence electrons. The lowest BCUT2D eigenvalue weighted by atomic mass is 9.90. The molecule has 1 unspecified atom stereocenters. The van der Waals surface area contributed by atoms with E-state index < -0.39 is 10.0 Å². The van der Waals surface area contributed by atoms with Gasteiger partial charge < -0.3 is 20.1 Å². The van der Waals surface area contributed by atoms with Gasteiger partial charge in [0.2, 0.25) is 15.9 Å². The Morgan fingerprint density at radius 3 is 2.74 bits per heavy atom. The lowest BCUT2D eigenvalue weighted by Crippen LogP contribution is -2.36. The molecule has 2 aliphatic heterocycles. The first kappa shape index (κ1) is 19.9. The molecule has 9 heteroatoms. The molecule has 1 aromatic carbocycles. The van der Waals surface area contributed by atoms with E-state index in [1.54, 1.807) is 11.0 Å². The zero-order valence-corrected chi connectivity index (χ0v) is 16.4. The summed E-state index contributed by atoms with van der Waals surface area (Å²) in [6, 6.07) is 4.53. The van der Waals surface area contributed by atoms with Gasteiger partial charge in [0, 0.05) is 38.5 Å². The van der Waals surface area contributed by atoms with Crippen molar-refractivity contribution in [3.05, 3.63) is 18.2 Å². The first-order chi connectivity index (χ1) is 12.8. The second-order valence-electron chi connectivity index (χ2n) is 7.39. The highest BCUT2D eigenvalue weighted by atomic mass is 32.2. The fourth-order valence-corrected chi connectivity index (χ4v) is 4.29. The fourth-order valence-electron chi connectivity index (χ4n) is 3.25. The van der Waals surface area contributed by atoms with E-state index in [9.17, 15) is 13.2 Å². The Hall–Kier alpha value is -1.84. The Balaban J connectivity index is 1.56. The van der Waals surface area contributed by atoms with Crippen LogP contribution in [0.5, 0.6) is 11.5 Å². The number of hydrogen-bond donors (Lipinski definition) is 2. The minimum Gasteiger partial charge on any atom is -0.490 e. The molecule has 27 heavy (non-hydrogen) atoms. The van der Waals surface area contributed by atoms with Crippen molar-refractivity contribution < 1.29 is 22.7 Å². The Kier molecular flexibility index (Phi) is 5.92. The summed E-state index contributed by atoms with van der Waals surface area (Å²) in [5.41, 5.74) is 5.72. The summed E-state index contributed by atoms with van der Waals surface area (Å²) >= 11 is 0. The Labute approximate surface area is 160 Å². The SMILES string of the molecule is CC1(CN)CCN(C(=O)CCNS(=O)(=O)c2ccc3c(c2)OCCCO3)C1. The van der Waals surface area contributed by atoms with Gasteiger partial charge in [-0.1, -0.05) is 6.92 Å². The predicted molar refractivity (Wildman–Crippen MR) is 100 cm³/mol. The maximum absolute atomic E-state index is 12.5. The largest absolute Gasteiger partial charge is 0.490 e. The molecule has 3 rings (SSSR count). The number of carbonyl (C=O) groups is 1. The number of nitrogens with one attached hydrogen (secondary N) is 1. The molecule has 0 spiro atoms. The molecule has 1 amide bonds. The van der Waals surface area contributed by atoms with E-state index >= 15 is 0 Å². The zero-order chi connectivity index (χ0) is 19.5. The van der Waals surface area contributed by atoms with Crippen LogP contribution in [0.15, 0.2) is 23.1 Å². The van der Waals surface area contributed by atoms with Crippen molar-refractivity contribution in [2.45, 2.75) is 31.1 Å². The molecular formula is C18H27N3O5S. The van der Waals surface area contributed by atoms with Crippen LogP contribution in [0.2, 0.25) is 0 Å². The van der Waals surface area contributed by atoms with Crippen LogP contribution in [-0.2, 0) is 14.8 Å². The zero-order valence-electron chi connectivity index (χ0n) is 15.6. The molecule has 2 aliphatic rings. The highest BCUT2D eigenvalue weighted by Crippen LogP contribution is 2.32. The minimum absolute atomic E-state index is 0.0426. The van der Waals surface area contributed by atoms with Gasteiger partial charge >= 0.3 is 0 Å². The molecular weight excluding hydrogens is 370 g/mol. The molecule has 1 aromatic rings. The number of fused-ring (bicyclic) bond motifs is 1. The van der Waals surface area contributed by atoms with Gasteiger partial charge in [-0.05, 0) is 30.5 Å². The minimum atomic E-state index is -3.73. The standard InChI is InChI=1S/C18H27N3O5S/c1-18(12-19)6-8-21(13-18)17(22)5-7-20-27(23,24)14-3-4-15-16(11-14)26-10-2-9-25-15/h3-4,11,20H,2,5-10,12-13,19H2,1H3. The summed E-state index contributed by atoms with van der Waals surface area (Å²) in [6.45, 7) is 4.96. The molecule has 1 saturated heterocycles. The second kappa shape index (κ2) is 8.04. The highest BCUT2D eigenvalue weighted by Gasteiger charge is 2.34. The van der Waals surface area contributed by atoms with Crippen molar-refractivity contribution in [2.75, 3.05) is 39.4 Å². The number of ether oxygens (including phenoxy) is 2. The molecule has 0 aromatic heterocycles. The van der Waals surface area contributed by atoms with Crippen LogP contribution in [0, 0.1) is 5.41 Å². The normalized spacial score (nSPS) is 22.5. The Bertz CT molecular complexity index is 798. The molecule has 0 aliphatic carbocycles. The van der Waals surface area contributed by atoms with Crippen molar-refractivity contribution in [3.63, 3.8) is 0 Å². The lowest BCUT2D eigenvalue weighted by Gasteiger charge is -2.22. The van der Waals surface area contributed by atoms with E-state index in [1.165, 1.54) is 12.1 Å². The van der Waals surface area contributed by atoms with Crippen LogP contribution in [0.25, 0.3) is 0 Å². The average Bonchev–Trinajstić information content (AvgIpc) is 2.89. The number of hydrogen-bond acceptors (Lipinski definition) is 6. The fraction of sp³-hybridized carbons (Fsp3) is 0.611. The quantitative estimate of drug-likeness (QED) is 0.732. The Morgan fingerprint density at radius 2 is 2.04 bits per heavy atom. The lowest BCUT2D eigenvalue weighted by molar-refractivity contribution is -0.130. The molecule has 0 radical (unpaired) electrons. The number of sulfonamides is 1. The maximum Gasteiger partial charge on any atom is 0.240 e. The third-order valence-electron chi connectivity index (χ3n) is 5.06. The van der Waals surface area contributed by atoms with E-state index in [2.05, 4.69) is 11.6 Å². The van der Waals surface area contributed by atoms with Crippen molar-refractivity contribution >= 4 is 15.9 Å². The van der Waals surface area contributed by atoms with Gasteiger partial charge in [0.05, 0.1) is 18.1 Å². The topological polar surface area (TPSA) is 111 Å². The third kappa shape index (κ3) is 4.72. The summed E-state index contributed by atoms with van der Waals surface area (Å²) < 4.78 is 38.6. The number of amides is 1. The molecule has 0 saturated carbocycles. The smallest absolute Gasteiger partial charge is 0.240 e. The molecule has 1 fully saturated rings. The number of nitrogens with two attached hydrogens (primary N) is 1. The van der Waals surface area contributed by atoms with Crippen molar-refractivity contribution in [1.82, 2.24) is 9.62 Å². The monoisotopic (exact) mass is 397 g/mol. The number of nitrogens with zero attached hydrogens (tertiary/aromatic N) is 1. The molecule has 3 N–H and O–H groups in total. The van der Waals surface area contributed by atoms with Crippen LogP contribution in [-0.4, -0.2) is 58.6 Å². The summed E-state index contributed by atoms with van der Waals surface area (Å²) in [6.07, 6.45) is 1.74. The van der Waals surface area contributed by atoms with Gasteiger partial charge in [-0.15, -0.1) is 0 Å². The van der Waals surface area contributed by atoms with E-state index in [0.29, 0.717) is 44.3 Å². The van der Waals surface area contributed by atoms with Crippen LogP contribution < -0.4 is 19.9 Å². The van der Waals surface area contributed by atoms with E-state index in [0.717, 1.165) is 12.8 Å². The van der Waals surface area contributed by atoms with Gasteiger partial charge in [0.15, 0.2) is 11.5 Å². The van der Waals surface area contributed by atoms with Gasteiger partial charge in [-0.3, -0.25) is 4.79 Å². The van der Waals surface area contributed by atoms with Crippen LogP contribution in [0.4, 0.5) is 0 Å². The van der Waals surface area contributed by atoms with Crippen LogP contribution in [0.3, 0.4) is 0 Å². The predicted octanol–water partition coefficient (Wildman–Crippen LogP) is 0.714. The van der Waals surface area contributed by atoms with E-state index in [-0.39, 0.29) is 29.2 Å². The number of rotatable bonds is 6. The number of likely N-dealkylation sites (tertiary alicyclic amines) is 1. The molecule has 1 atom stereocenters. The Morgan fingerprint density at radius 1 is 1.30 bits per heavy atom. The molecule has 2 heterocycles. The summed E-state index contributed by atoms with van der Waals surface area (Å²) in [5, 5.41) is 0. The van der Waals surface area contributed by atoms with Crippen molar-refractivity contribution in [2.24, 2.45) is 11.1 Å². The van der Waals surface area contributed by atoms with Crippen molar-refractivity contribution in [3.8, 4) is 11.5 Å². The summed E-state index contributed by atoms with van der Waals surface area (Å²) in [7, 11) is -3.73. The first-order valence-corrected chi connectivity index (χ1v) is 10.7. The van der Waals surface area contributed by atoms with E-state index in [1.807, 2.05) is 0 Å². The van der Waals surface area contributed by atoms with Gasteiger partial charge in [0.1, 0.15) is 0 Å². The molecule has 8 nitrogen and oxygen atoms in total. The number of carbonyl (C=O) groups excluding carboxylic acids is 1. The molecule has 0 bridgehead atoms. The van der Waals surface area contributed by atoms with Gasteiger partial charge in [0.25, 0.3) is 0 Å². The summed E-state index contributed by atoms with van der Waals surface area (Å²) in [4.78, 5) is 14.2. The summed E-state index contributed by atoms with van der Waals surface area (Å²) in [5.74, 6) is 0.900. The van der Waals surface area contributed by atoms with Gasteiger partial charge in [-0.2, -0.15) is 0 Å². The first-order valence-electron chi connectivity index (χ1n) is 9.20. The third-order valence-corrected chi connectivity index (χ3v) is 6.52.